The van der Waals surface area contributed by atoms with E-state index >= 15 is 0 Å². The summed E-state index contributed by atoms with van der Waals surface area (Å²) in [5.41, 5.74) is 2.42. The van der Waals surface area contributed by atoms with Gasteiger partial charge in [-0.25, -0.2) is 5.21 Å². The second kappa shape index (κ2) is 6.80. The van der Waals surface area contributed by atoms with Crippen LogP contribution in [0.2, 0.25) is 0 Å². The normalized spacial score (nSPS) is 35.3. The van der Waals surface area contributed by atoms with Gasteiger partial charge in [-0.15, -0.1) is 0 Å². The quantitative estimate of drug-likeness (QED) is 0.760. The fraction of sp³-hybridized carbons (Fsp3) is 0.458. The van der Waals surface area contributed by atoms with Crippen LogP contribution in [0.25, 0.3) is 0 Å². The average molecular weight is 405 g/mol. The number of hydrogen-bond donors (Lipinski definition) is 2. The highest BCUT2D eigenvalue weighted by Gasteiger charge is 2.57. The zero-order valence-electron chi connectivity index (χ0n) is 16.9. The molecule has 2 N–H and O–H groups in total. The third-order valence-electron chi connectivity index (χ3n) is 7.69. The number of nitrogens with one attached hydrogen (secondary N) is 1. The lowest BCUT2D eigenvalue weighted by atomic mass is 9.52. The summed E-state index contributed by atoms with van der Waals surface area (Å²) in [5.74, 6) is 3.35. The van der Waals surface area contributed by atoms with E-state index in [0.717, 1.165) is 34.7 Å². The van der Waals surface area contributed by atoms with Crippen LogP contribution in [0.15, 0.2) is 59.8 Å². The van der Waals surface area contributed by atoms with Crippen molar-refractivity contribution in [3.8, 4) is 0 Å². The van der Waals surface area contributed by atoms with Crippen molar-refractivity contribution in [3.63, 3.8) is 0 Å². The van der Waals surface area contributed by atoms with Gasteiger partial charge in [-0.2, -0.15) is 5.23 Å². The lowest BCUT2D eigenvalue weighted by Crippen LogP contribution is -2.99. The minimum absolute atomic E-state index is 0.0794. The van der Waals surface area contributed by atoms with Crippen LogP contribution in [0.3, 0.4) is 0 Å². The highest BCUT2D eigenvalue weighted by Crippen LogP contribution is 2.60. The molecule has 5 aliphatic rings. The molecule has 4 fully saturated rings. The Morgan fingerprint density at radius 3 is 2.10 bits per heavy atom. The summed E-state index contributed by atoms with van der Waals surface area (Å²) < 4.78 is 0. The maximum atomic E-state index is 11.3. The Morgan fingerprint density at radius 1 is 0.933 bits per heavy atom. The van der Waals surface area contributed by atoms with Gasteiger partial charge in [0.2, 0.25) is 6.23 Å². The monoisotopic (exact) mass is 405 g/mol. The summed E-state index contributed by atoms with van der Waals surface area (Å²) in [4.78, 5) is 8.54. The van der Waals surface area contributed by atoms with Crippen LogP contribution in [-0.2, 0) is 4.84 Å². The number of nitrogens with zero attached hydrogens (tertiary/aromatic N) is 2. The summed E-state index contributed by atoms with van der Waals surface area (Å²) in [6.45, 7) is 0. The molecule has 1 heterocycles. The Hall–Kier alpha value is -2.41. The van der Waals surface area contributed by atoms with Crippen LogP contribution in [-0.4, -0.2) is 21.5 Å². The minimum Gasteiger partial charge on any atom is -0.595 e. The molecule has 0 radical (unpaired) electrons. The third kappa shape index (κ3) is 2.86. The van der Waals surface area contributed by atoms with Gasteiger partial charge in [0, 0.05) is 28.8 Å². The van der Waals surface area contributed by atoms with Crippen molar-refractivity contribution < 1.29 is 15.3 Å². The highest BCUT2D eigenvalue weighted by atomic mass is 16.8. The van der Waals surface area contributed by atoms with Gasteiger partial charge in [-0.05, 0) is 68.4 Å². The van der Waals surface area contributed by atoms with Crippen molar-refractivity contribution in [1.82, 2.24) is 4.90 Å². The number of rotatable bonds is 4. The largest absolute Gasteiger partial charge is 0.595 e. The Morgan fingerprint density at radius 2 is 1.53 bits per heavy atom. The number of oxime groups is 1. The van der Waals surface area contributed by atoms with Crippen molar-refractivity contribution in [2.45, 2.75) is 50.3 Å². The Labute approximate surface area is 176 Å². The third-order valence-corrected chi connectivity index (χ3v) is 7.69. The molecular formula is C24H27N3O3. The maximum absolute atomic E-state index is 11.3. The summed E-state index contributed by atoms with van der Waals surface area (Å²) in [7, 11) is 0. The number of benzene rings is 2. The van der Waals surface area contributed by atoms with Crippen LogP contribution in [0.1, 0.15) is 55.9 Å². The van der Waals surface area contributed by atoms with Gasteiger partial charge in [0.25, 0.3) is 0 Å². The molecule has 4 aliphatic carbocycles. The molecule has 2 aromatic carbocycles. The molecule has 1 aliphatic heterocycles. The van der Waals surface area contributed by atoms with E-state index in [-0.39, 0.29) is 11.8 Å². The van der Waals surface area contributed by atoms with Gasteiger partial charge in [0.05, 0.1) is 0 Å². The maximum Gasteiger partial charge on any atom is 0.227 e. The van der Waals surface area contributed by atoms with Crippen LogP contribution < -0.4 is 5.23 Å². The smallest absolute Gasteiger partial charge is 0.227 e. The fourth-order valence-corrected chi connectivity index (χ4v) is 6.91. The van der Waals surface area contributed by atoms with Crippen LogP contribution in [0.5, 0.6) is 0 Å². The van der Waals surface area contributed by atoms with Crippen LogP contribution in [0, 0.1) is 23.0 Å². The van der Waals surface area contributed by atoms with E-state index in [1.165, 1.54) is 38.5 Å². The molecule has 4 saturated carbocycles. The lowest BCUT2D eigenvalue weighted by molar-refractivity contribution is -0.991. The van der Waals surface area contributed by atoms with Crippen LogP contribution in [0.4, 0.5) is 5.69 Å². The average Bonchev–Trinajstić information content (AvgIpc) is 3.20. The van der Waals surface area contributed by atoms with E-state index in [1.54, 1.807) is 12.1 Å². The molecule has 0 amide bonds. The fourth-order valence-electron chi connectivity index (χ4n) is 6.91. The van der Waals surface area contributed by atoms with Crippen molar-refractivity contribution >= 4 is 11.5 Å². The SMILES string of the molecule is [O-][NH+](O)c1ccc(C2ON=C(c3ccccc3)N2C23CC4CC(CC(C4)C2)C3)cc1. The molecule has 0 spiro atoms. The van der Waals surface area contributed by atoms with E-state index in [0.29, 0.717) is 5.69 Å². The second-order valence-electron chi connectivity index (χ2n) is 9.68. The predicted octanol–water partition coefficient (Wildman–Crippen LogP) is 3.75. The molecule has 0 saturated heterocycles. The standard InChI is InChI=1S/C24H27N3O3/c28-27(29)21-8-6-20(7-9-21)23-26(22(25-30-23)19-4-2-1-3-5-19)24-13-16-10-17(14-24)12-18(11-16)15-24/h1-9,16-18,23,27-28H,10-15H2. The summed E-state index contributed by atoms with van der Waals surface area (Å²) in [5, 5.41) is 24.3. The summed E-state index contributed by atoms with van der Waals surface area (Å²) >= 11 is 0. The van der Waals surface area contributed by atoms with Crippen LogP contribution >= 0.6 is 0 Å². The van der Waals surface area contributed by atoms with Gasteiger partial charge in [-0.3, -0.25) is 0 Å². The first-order valence-electron chi connectivity index (χ1n) is 11.0. The summed E-state index contributed by atoms with van der Waals surface area (Å²) in [6, 6.07) is 17.4. The molecule has 2 unspecified atom stereocenters. The Kier molecular flexibility index (Phi) is 4.17. The first kappa shape index (κ1) is 18.4. The van der Waals surface area contributed by atoms with E-state index in [2.05, 4.69) is 22.2 Å². The molecule has 0 aromatic heterocycles. The van der Waals surface area contributed by atoms with Crippen molar-refractivity contribution in [2.75, 3.05) is 0 Å². The highest BCUT2D eigenvalue weighted by molar-refractivity contribution is 5.99. The van der Waals surface area contributed by atoms with Gasteiger partial charge < -0.3 is 14.9 Å². The summed E-state index contributed by atoms with van der Waals surface area (Å²) in [6.07, 6.45) is 7.45. The van der Waals surface area contributed by atoms with Gasteiger partial charge in [-0.1, -0.05) is 35.5 Å². The second-order valence-corrected chi connectivity index (χ2v) is 9.68. The van der Waals surface area contributed by atoms with Gasteiger partial charge in [0.15, 0.2) is 11.5 Å². The van der Waals surface area contributed by atoms with Crippen molar-refractivity contribution in [2.24, 2.45) is 22.9 Å². The topological polar surface area (TPSA) is 72.6 Å². The minimum atomic E-state index is -0.909. The van der Waals surface area contributed by atoms with E-state index in [1.807, 2.05) is 30.3 Å². The lowest BCUT2D eigenvalue weighted by Gasteiger charge is -2.60. The predicted molar refractivity (Wildman–Crippen MR) is 112 cm³/mol. The molecule has 7 rings (SSSR count). The van der Waals surface area contributed by atoms with Crippen molar-refractivity contribution in [3.05, 3.63) is 70.9 Å². The molecule has 2 atom stereocenters. The van der Waals surface area contributed by atoms with E-state index in [9.17, 15) is 10.4 Å². The molecule has 30 heavy (non-hydrogen) atoms. The molecule has 6 heteroatoms. The first-order valence-corrected chi connectivity index (χ1v) is 11.0. The van der Waals surface area contributed by atoms with E-state index < -0.39 is 5.23 Å². The number of amidine groups is 1. The Balaban J connectivity index is 1.41. The van der Waals surface area contributed by atoms with Gasteiger partial charge in [0.1, 0.15) is 0 Å². The zero-order chi connectivity index (χ0) is 20.3. The van der Waals surface area contributed by atoms with Gasteiger partial charge >= 0.3 is 0 Å². The number of hydrogen-bond acceptors (Lipinski definition) is 5. The molecule has 2 aromatic rings. The molecule has 6 nitrogen and oxygen atoms in total. The molecule has 156 valence electrons. The van der Waals surface area contributed by atoms with E-state index in [4.69, 9.17) is 4.84 Å². The molecule has 4 bridgehead atoms. The number of quaternary nitrogens is 1. The molecular weight excluding hydrogens is 378 g/mol. The zero-order valence-corrected chi connectivity index (χ0v) is 16.9. The first-order chi connectivity index (χ1) is 14.6. The Bertz CT molecular complexity index is 922. The van der Waals surface area contributed by atoms with Crippen molar-refractivity contribution in [1.29, 1.82) is 0 Å².